The van der Waals surface area contributed by atoms with Crippen LogP contribution in [-0.4, -0.2) is 10.9 Å². The predicted molar refractivity (Wildman–Crippen MR) is 89.3 cm³/mol. The molecule has 106 valence electrons. The second-order valence-electron chi connectivity index (χ2n) is 4.56. The number of benzene rings is 1. The van der Waals surface area contributed by atoms with E-state index in [1.807, 2.05) is 35.7 Å². The Kier molecular flexibility index (Phi) is 3.90. The molecule has 4 nitrogen and oxygen atoms in total. The number of nitrogens with zero attached hydrogens (tertiary/aromatic N) is 1. The molecular weight excluding hydrogens is 350 g/mol. The van der Waals surface area contributed by atoms with E-state index in [2.05, 4.69) is 26.2 Å². The lowest BCUT2D eigenvalue weighted by atomic mass is 10.1. The van der Waals surface area contributed by atoms with E-state index in [4.69, 9.17) is 5.73 Å². The van der Waals surface area contributed by atoms with Crippen LogP contribution in [0, 0.1) is 0 Å². The number of aromatic nitrogens is 1. The summed E-state index contributed by atoms with van der Waals surface area (Å²) >= 11 is 4.76. The molecule has 6 heteroatoms. The molecule has 2 aromatic heterocycles. The molecule has 2 heterocycles. The van der Waals surface area contributed by atoms with E-state index in [1.165, 1.54) is 11.3 Å². The molecule has 0 radical (unpaired) electrons. The maximum absolute atomic E-state index is 12.0. The fourth-order valence-corrected chi connectivity index (χ4v) is 3.40. The van der Waals surface area contributed by atoms with Gasteiger partial charge in [0.2, 0.25) is 0 Å². The van der Waals surface area contributed by atoms with Gasteiger partial charge in [-0.1, -0.05) is 12.1 Å². The van der Waals surface area contributed by atoms with Gasteiger partial charge in [-0.25, -0.2) is 4.98 Å². The molecule has 21 heavy (non-hydrogen) atoms. The number of nitrogens with one attached hydrogen (secondary N) is 1. The largest absolute Gasteiger partial charge is 0.383 e. The number of hydrogen-bond acceptors (Lipinski definition) is 4. The van der Waals surface area contributed by atoms with Gasteiger partial charge in [-0.15, -0.1) is 11.3 Å². The van der Waals surface area contributed by atoms with Crippen LogP contribution in [0.3, 0.4) is 0 Å². The van der Waals surface area contributed by atoms with Gasteiger partial charge < -0.3 is 11.1 Å². The number of fused-ring (bicyclic) bond motifs is 1. The fourth-order valence-electron chi connectivity index (χ4n) is 2.06. The Labute approximate surface area is 134 Å². The summed E-state index contributed by atoms with van der Waals surface area (Å²) < 4.78 is 0.923. The summed E-state index contributed by atoms with van der Waals surface area (Å²) in [5.74, 6) is 0.451. The highest BCUT2D eigenvalue weighted by Crippen LogP contribution is 2.21. The van der Waals surface area contributed by atoms with Crippen LogP contribution in [0.15, 0.2) is 46.4 Å². The molecule has 3 N–H and O–H groups in total. The van der Waals surface area contributed by atoms with Gasteiger partial charge in [0.05, 0.1) is 4.88 Å². The normalized spacial score (nSPS) is 10.7. The third-order valence-corrected chi connectivity index (χ3v) is 4.79. The minimum atomic E-state index is -0.0694. The molecule has 0 atom stereocenters. The summed E-state index contributed by atoms with van der Waals surface area (Å²) in [5, 5.41) is 6.75. The molecule has 1 amide bonds. The second kappa shape index (κ2) is 5.83. The molecule has 0 aliphatic carbocycles. The number of thiophene rings is 1. The zero-order chi connectivity index (χ0) is 14.8. The number of nitrogen functional groups attached to an aromatic ring is 1. The van der Waals surface area contributed by atoms with Crippen LogP contribution in [0.5, 0.6) is 0 Å². The Morgan fingerprint density at radius 3 is 2.95 bits per heavy atom. The second-order valence-corrected chi connectivity index (χ2v) is 6.39. The van der Waals surface area contributed by atoms with E-state index < -0.39 is 0 Å². The summed E-state index contributed by atoms with van der Waals surface area (Å²) in [6.07, 6.45) is 1.68. The lowest BCUT2D eigenvalue weighted by Gasteiger charge is -2.06. The van der Waals surface area contributed by atoms with Gasteiger partial charge in [0.25, 0.3) is 5.91 Å². The number of carbonyl (C=O) groups excluding carboxylic acids is 1. The van der Waals surface area contributed by atoms with E-state index >= 15 is 0 Å². The van der Waals surface area contributed by atoms with Crippen LogP contribution in [0.4, 0.5) is 5.82 Å². The molecule has 1 aromatic carbocycles. The molecule has 0 unspecified atom stereocenters. The average Bonchev–Trinajstić information content (AvgIpc) is 2.91. The average molecular weight is 362 g/mol. The zero-order valence-electron chi connectivity index (χ0n) is 11.0. The van der Waals surface area contributed by atoms with Crippen molar-refractivity contribution in [2.75, 3.05) is 5.73 Å². The summed E-state index contributed by atoms with van der Waals surface area (Å²) in [6.45, 7) is 0.479. The van der Waals surface area contributed by atoms with Gasteiger partial charge in [-0.05, 0) is 45.1 Å². The Bertz CT molecular complexity index is 816. The predicted octanol–water partition coefficient (Wildman–Crippen LogP) is 3.57. The Morgan fingerprint density at radius 1 is 1.33 bits per heavy atom. The number of nitrogens with two attached hydrogens (primary N) is 1. The van der Waals surface area contributed by atoms with E-state index in [-0.39, 0.29) is 5.91 Å². The standard InChI is InChI=1S/C15H12BrN3OS/c16-11-6-13(21-8-11)15(20)19-7-9-1-2-12-10(5-9)3-4-18-14(12)17/h1-6,8H,7H2,(H2,17,18)(H,19,20). The SMILES string of the molecule is Nc1nccc2cc(CNC(=O)c3cc(Br)cs3)ccc12. The Morgan fingerprint density at radius 2 is 2.19 bits per heavy atom. The third kappa shape index (κ3) is 3.06. The van der Waals surface area contributed by atoms with Crippen LogP contribution in [0.1, 0.15) is 15.2 Å². The number of pyridine rings is 1. The van der Waals surface area contributed by atoms with Gasteiger partial charge in [0.15, 0.2) is 0 Å². The number of rotatable bonds is 3. The first-order valence-electron chi connectivity index (χ1n) is 6.29. The van der Waals surface area contributed by atoms with E-state index in [1.54, 1.807) is 6.20 Å². The number of anilines is 1. The Balaban J connectivity index is 1.75. The molecule has 0 spiro atoms. The van der Waals surface area contributed by atoms with Crippen molar-refractivity contribution < 1.29 is 4.79 Å². The minimum absolute atomic E-state index is 0.0694. The van der Waals surface area contributed by atoms with E-state index in [9.17, 15) is 4.79 Å². The zero-order valence-corrected chi connectivity index (χ0v) is 13.4. The van der Waals surface area contributed by atoms with Crippen molar-refractivity contribution in [2.24, 2.45) is 0 Å². The van der Waals surface area contributed by atoms with Crippen LogP contribution in [-0.2, 0) is 6.54 Å². The first kappa shape index (κ1) is 14.0. The fraction of sp³-hybridized carbons (Fsp3) is 0.0667. The van der Waals surface area contributed by atoms with E-state index in [0.717, 1.165) is 20.8 Å². The van der Waals surface area contributed by atoms with Crippen molar-refractivity contribution in [3.05, 3.63) is 56.8 Å². The number of carbonyl (C=O) groups is 1. The van der Waals surface area contributed by atoms with Gasteiger partial charge in [0.1, 0.15) is 5.82 Å². The van der Waals surface area contributed by atoms with E-state index in [0.29, 0.717) is 17.2 Å². The van der Waals surface area contributed by atoms with Crippen LogP contribution in [0.2, 0.25) is 0 Å². The van der Waals surface area contributed by atoms with Crippen molar-refractivity contribution in [3.63, 3.8) is 0 Å². The molecule has 0 saturated carbocycles. The molecule has 3 aromatic rings. The van der Waals surface area contributed by atoms with Crippen molar-refractivity contribution in [1.29, 1.82) is 0 Å². The molecular formula is C15H12BrN3OS. The van der Waals surface area contributed by atoms with Gasteiger partial charge >= 0.3 is 0 Å². The van der Waals surface area contributed by atoms with Crippen molar-refractivity contribution in [1.82, 2.24) is 10.3 Å². The van der Waals surface area contributed by atoms with Crippen molar-refractivity contribution in [3.8, 4) is 0 Å². The van der Waals surface area contributed by atoms with Gasteiger partial charge in [0, 0.05) is 28.0 Å². The highest BCUT2D eigenvalue weighted by molar-refractivity contribution is 9.10. The van der Waals surface area contributed by atoms with Gasteiger partial charge in [-0.2, -0.15) is 0 Å². The summed E-state index contributed by atoms with van der Waals surface area (Å²) in [6, 6.07) is 9.62. The highest BCUT2D eigenvalue weighted by Gasteiger charge is 2.08. The van der Waals surface area contributed by atoms with Crippen LogP contribution < -0.4 is 11.1 Å². The molecule has 0 fully saturated rings. The maximum atomic E-state index is 12.0. The molecule has 0 aliphatic rings. The van der Waals surface area contributed by atoms with Gasteiger partial charge in [-0.3, -0.25) is 4.79 Å². The lowest BCUT2D eigenvalue weighted by molar-refractivity contribution is 0.0955. The van der Waals surface area contributed by atoms with Crippen LogP contribution in [0.25, 0.3) is 10.8 Å². The Hall–Kier alpha value is -1.92. The quantitative estimate of drug-likeness (QED) is 0.749. The molecule has 3 rings (SSSR count). The topological polar surface area (TPSA) is 68.0 Å². The first-order valence-corrected chi connectivity index (χ1v) is 7.96. The molecule has 0 bridgehead atoms. The number of halogens is 1. The molecule has 0 saturated heterocycles. The summed E-state index contributed by atoms with van der Waals surface area (Å²) in [7, 11) is 0. The molecule has 0 aliphatic heterocycles. The van der Waals surface area contributed by atoms with Crippen LogP contribution >= 0.6 is 27.3 Å². The highest BCUT2D eigenvalue weighted by atomic mass is 79.9. The number of hydrogen-bond donors (Lipinski definition) is 2. The monoisotopic (exact) mass is 361 g/mol. The summed E-state index contributed by atoms with van der Waals surface area (Å²) in [5.41, 5.74) is 6.85. The first-order chi connectivity index (χ1) is 10.1. The smallest absolute Gasteiger partial charge is 0.261 e. The third-order valence-electron chi connectivity index (χ3n) is 3.10. The number of amides is 1. The minimum Gasteiger partial charge on any atom is -0.383 e. The lowest BCUT2D eigenvalue weighted by Crippen LogP contribution is -2.21. The summed E-state index contributed by atoms with van der Waals surface area (Å²) in [4.78, 5) is 16.7. The van der Waals surface area contributed by atoms with Crippen molar-refractivity contribution >= 4 is 49.8 Å². The van der Waals surface area contributed by atoms with Crippen molar-refractivity contribution in [2.45, 2.75) is 6.54 Å². The maximum Gasteiger partial charge on any atom is 0.261 e.